The van der Waals surface area contributed by atoms with Gasteiger partial charge in [0.2, 0.25) is 0 Å². The van der Waals surface area contributed by atoms with Crippen molar-refractivity contribution in [1.82, 2.24) is 10.2 Å². The summed E-state index contributed by atoms with van der Waals surface area (Å²) in [6, 6.07) is 6.98. The van der Waals surface area contributed by atoms with Crippen molar-refractivity contribution in [1.29, 1.82) is 0 Å². The van der Waals surface area contributed by atoms with Gasteiger partial charge >= 0.3 is 5.97 Å². The minimum Gasteiger partial charge on any atom is -0.504 e. The van der Waals surface area contributed by atoms with Crippen molar-refractivity contribution in [3.8, 4) is 17.0 Å². The Hall–Kier alpha value is -2.76. The smallest absolute Gasteiger partial charge is 0.357 e. The van der Waals surface area contributed by atoms with Crippen LogP contribution in [0.3, 0.4) is 0 Å². The molecule has 0 aliphatic rings. The number of aromatic carboxylic acids is 1. The molecule has 2 aromatic heterocycles. The van der Waals surface area contributed by atoms with E-state index in [1.54, 1.807) is 30.5 Å². The highest BCUT2D eigenvalue weighted by Crippen LogP contribution is 2.31. The minimum atomic E-state index is -1.25. The van der Waals surface area contributed by atoms with Gasteiger partial charge in [-0.2, -0.15) is 5.10 Å². The second-order valence-corrected chi connectivity index (χ2v) is 3.77. The average molecular weight is 244 g/mol. The van der Waals surface area contributed by atoms with E-state index in [-0.39, 0.29) is 17.1 Å². The van der Waals surface area contributed by atoms with Crippen LogP contribution in [0.4, 0.5) is 0 Å². The third-order valence-electron chi connectivity index (χ3n) is 2.68. The van der Waals surface area contributed by atoms with Crippen molar-refractivity contribution in [2.45, 2.75) is 0 Å². The van der Waals surface area contributed by atoms with Gasteiger partial charge < -0.3 is 14.6 Å². The molecule has 0 spiro atoms. The molecule has 0 bridgehead atoms. The molecule has 6 heteroatoms. The number of fused-ring (bicyclic) bond motifs is 1. The van der Waals surface area contributed by atoms with E-state index >= 15 is 0 Å². The molecule has 0 saturated carbocycles. The molecule has 0 amide bonds. The van der Waals surface area contributed by atoms with Gasteiger partial charge in [-0.05, 0) is 24.3 Å². The SMILES string of the molecule is O=C(O)c1[nH]nc(-c2ccc3occc3c2)c1O. The van der Waals surface area contributed by atoms with E-state index in [2.05, 4.69) is 10.2 Å². The molecule has 0 radical (unpaired) electrons. The van der Waals surface area contributed by atoms with Crippen molar-refractivity contribution >= 4 is 16.9 Å². The second-order valence-electron chi connectivity index (χ2n) is 3.77. The van der Waals surface area contributed by atoms with Crippen LogP contribution < -0.4 is 0 Å². The maximum atomic E-state index is 10.8. The fourth-order valence-electron chi connectivity index (χ4n) is 1.80. The van der Waals surface area contributed by atoms with E-state index < -0.39 is 5.97 Å². The van der Waals surface area contributed by atoms with Gasteiger partial charge in [0.15, 0.2) is 11.4 Å². The zero-order valence-corrected chi connectivity index (χ0v) is 9.04. The maximum Gasteiger partial charge on any atom is 0.357 e. The van der Waals surface area contributed by atoms with Crippen LogP contribution in [0.25, 0.3) is 22.2 Å². The summed E-state index contributed by atoms with van der Waals surface area (Å²) >= 11 is 0. The zero-order valence-electron chi connectivity index (χ0n) is 9.04. The summed E-state index contributed by atoms with van der Waals surface area (Å²) in [5, 5.41) is 25.6. The molecule has 1 aromatic carbocycles. The highest BCUT2D eigenvalue weighted by atomic mass is 16.4. The molecule has 90 valence electrons. The van der Waals surface area contributed by atoms with Crippen LogP contribution in [0, 0.1) is 0 Å². The zero-order chi connectivity index (χ0) is 12.7. The predicted molar refractivity (Wildman–Crippen MR) is 62.4 cm³/mol. The number of nitrogens with one attached hydrogen (secondary N) is 1. The number of carboxylic acids is 1. The number of rotatable bonds is 2. The van der Waals surface area contributed by atoms with E-state index in [9.17, 15) is 9.90 Å². The Balaban J connectivity index is 2.16. The lowest BCUT2D eigenvalue weighted by Gasteiger charge is -1.98. The number of benzene rings is 1. The molecule has 3 aromatic rings. The minimum absolute atomic E-state index is 0.204. The number of aromatic hydroxyl groups is 1. The Morgan fingerprint density at radius 3 is 2.89 bits per heavy atom. The number of aromatic nitrogens is 2. The van der Waals surface area contributed by atoms with Crippen molar-refractivity contribution in [2.24, 2.45) is 0 Å². The molecule has 0 aliphatic carbocycles. The maximum absolute atomic E-state index is 10.8. The summed E-state index contributed by atoms with van der Waals surface area (Å²) in [5.41, 5.74) is 1.21. The fraction of sp³-hybridized carbons (Fsp3) is 0. The number of carbonyl (C=O) groups is 1. The van der Waals surface area contributed by atoms with Gasteiger partial charge in [-0.3, -0.25) is 5.10 Å². The second kappa shape index (κ2) is 3.63. The lowest BCUT2D eigenvalue weighted by molar-refractivity contribution is 0.0687. The quantitative estimate of drug-likeness (QED) is 0.641. The molecule has 0 saturated heterocycles. The Bertz CT molecular complexity index is 741. The Morgan fingerprint density at radius 1 is 1.33 bits per heavy atom. The van der Waals surface area contributed by atoms with Gasteiger partial charge in [-0.1, -0.05) is 0 Å². The number of H-pyrrole nitrogens is 1. The topological polar surface area (TPSA) is 99.3 Å². The number of hydrogen-bond acceptors (Lipinski definition) is 4. The van der Waals surface area contributed by atoms with Crippen LogP contribution in [-0.2, 0) is 0 Å². The molecule has 0 atom stereocenters. The lowest BCUT2D eigenvalue weighted by atomic mass is 10.1. The van der Waals surface area contributed by atoms with Gasteiger partial charge in [-0.15, -0.1) is 0 Å². The van der Waals surface area contributed by atoms with E-state index in [1.807, 2.05) is 0 Å². The van der Waals surface area contributed by atoms with Crippen molar-refractivity contribution in [3.05, 3.63) is 36.2 Å². The highest BCUT2D eigenvalue weighted by molar-refractivity contribution is 5.92. The van der Waals surface area contributed by atoms with Crippen LogP contribution in [0.5, 0.6) is 5.75 Å². The number of furan rings is 1. The van der Waals surface area contributed by atoms with Crippen LogP contribution in [0.1, 0.15) is 10.5 Å². The molecule has 6 nitrogen and oxygen atoms in total. The summed E-state index contributed by atoms with van der Waals surface area (Å²) < 4.78 is 5.20. The predicted octanol–water partition coefficient (Wildman–Crippen LogP) is 2.23. The monoisotopic (exact) mass is 244 g/mol. The molecule has 0 unspecified atom stereocenters. The van der Waals surface area contributed by atoms with Gasteiger partial charge in [-0.25, -0.2) is 4.79 Å². The first-order chi connectivity index (χ1) is 8.66. The van der Waals surface area contributed by atoms with Crippen LogP contribution in [0.2, 0.25) is 0 Å². The van der Waals surface area contributed by atoms with Gasteiger partial charge in [0.1, 0.15) is 11.3 Å². The number of nitrogens with zero attached hydrogens (tertiary/aromatic N) is 1. The molecule has 0 aliphatic heterocycles. The summed E-state index contributed by atoms with van der Waals surface area (Å²) in [6.45, 7) is 0. The van der Waals surface area contributed by atoms with Crippen molar-refractivity contribution in [2.75, 3.05) is 0 Å². The largest absolute Gasteiger partial charge is 0.504 e. The van der Waals surface area contributed by atoms with Gasteiger partial charge in [0, 0.05) is 10.9 Å². The summed E-state index contributed by atoms with van der Waals surface area (Å²) in [6.07, 6.45) is 1.56. The normalized spacial score (nSPS) is 10.9. The Morgan fingerprint density at radius 2 is 2.17 bits per heavy atom. The first kappa shape index (κ1) is 10.4. The highest BCUT2D eigenvalue weighted by Gasteiger charge is 2.19. The number of carboxylic acid groups (broad SMARTS) is 1. The molecule has 0 fully saturated rings. The summed E-state index contributed by atoms with van der Waals surface area (Å²) in [4.78, 5) is 10.8. The van der Waals surface area contributed by atoms with Crippen LogP contribution in [0.15, 0.2) is 34.9 Å². The molecule has 3 N–H and O–H groups in total. The van der Waals surface area contributed by atoms with E-state index in [0.717, 1.165) is 5.39 Å². The number of hydrogen-bond donors (Lipinski definition) is 3. The Kier molecular flexibility index (Phi) is 2.09. The van der Waals surface area contributed by atoms with Crippen LogP contribution >= 0.6 is 0 Å². The standard InChI is InChI=1S/C12H8N2O4/c15-11-9(13-14-10(11)12(16)17)7-1-2-8-6(5-7)3-4-18-8/h1-5,15H,(H,13,14)(H,16,17). The third-order valence-corrected chi connectivity index (χ3v) is 2.68. The van der Waals surface area contributed by atoms with Crippen molar-refractivity contribution < 1.29 is 19.4 Å². The van der Waals surface area contributed by atoms with Gasteiger partial charge in [0.05, 0.1) is 6.26 Å². The molecule has 3 rings (SSSR count). The van der Waals surface area contributed by atoms with E-state index in [4.69, 9.17) is 9.52 Å². The molecular weight excluding hydrogens is 236 g/mol. The molecule has 2 heterocycles. The van der Waals surface area contributed by atoms with Crippen molar-refractivity contribution in [3.63, 3.8) is 0 Å². The van der Waals surface area contributed by atoms with Gasteiger partial charge in [0.25, 0.3) is 0 Å². The first-order valence-electron chi connectivity index (χ1n) is 5.15. The van der Waals surface area contributed by atoms with E-state index in [0.29, 0.717) is 11.1 Å². The summed E-state index contributed by atoms with van der Waals surface area (Å²) in [7, 11) is 0. The lowest BCUT2D eigenvalue weighted by Crippen LogP contribution is -1.96. The summed E-state index contributed by atoms with van der Waals surface area (Å²) in [5.74, 6) is -1.62. The fourth-order valence-corrected chi connectivity index (χ4v) is 1.80. The van der Waals surface area contributed by atoms with E-state index in [1.165, 1.54) is 0 Å². The molecular formula is C12H8N2O4. The first-order valence-corrected chi connectivity index (χ1v) is 5.15. The Labute approximate surface area is 100 Å². The number of aromatic amines is 1. The third kappa shape index (κ3) is 1.43. The average Bonchev–Trinajstić information content (AvgIpc) is 2.93. The van der Waals surface area contributed by atoms with Crippen LogP contribution in [-0.4, -0.2) is 26.4 Å². The molecule has 18 heavy (non-hydrogen) atoms.